The van der Waals surface area contributed by atoms with Crippen LogP contribution in [-0.4, -0.2) is 46.9 Å². The molecule has 5 heteroatoms. The predicted octanol–water partition coefficient (Wildman–Crippen LogP) is 1.44. The molecule has 5 nitrogen and oxygen atoms in total. The van der Waals surface area contributed by atoms with E-state index in [-0.39, 0.29) is 0 Å². The highest BCUT2D eigenvalue weighted by Crippen LogP contribution is 2.12. The van der Waals surface area contributed by atoms with E-state index in [0.29, 0.717) is 6.61 Å². The lowest BCUT2D eigenvalue weighted by molar-refractivity contribution is 0.203. The third kappa shape index (κ3) is 6.43. The van der Waals surface area contributed by atoms with Gasteiger partial charge in [-0.25, -0.2) is 0 Å². The minimum Gasteiger partial charge on any atom is -0.497 e. The Kier molecular flexibility index (Phi) is 8.22. The van der Waals surface area contributed by atoms with Crippen LogP contribution in [0.25, 0.3) is 0 Å². The van der Waals surface area contributed by atoms with Gasteiger partial charge in [-0.15, -0.1) is 0 Å². The van der Waals surface area contributed by atoms with Gasteiger partial charge in [0.15, 0.2) is 5.96 Å². The first-order chi connectivity index (χ1) is 9.80. The van der Waals surface area contributed by atoms with Crippen LogP contribution in [0.3, 0.4) is 0 Å². The summed E-state index contributed by atoms with van der Waals surface area (Å²) < 4.78 is 10.1. The Morgan fingerprint density at radius 1 is 1.10 bits per heavy atom. The molecular weight excluding hydrogens is 254 g/mol. The average molecular weight is 279 g/mol. The summed E-state index contributed by atoms with van der Waals surface area (Å²) in [5, 5.41) is 6.46. The number of guanidine groups is 1. The number of methoxy groups -OCH3 is 2. The number of hydrogen-bond donors (Lipinski definition) is 2. The monoisotopic (exact) mass is 279 g/mol. The molecule has 20 heavy (non-hydrogen) atoms. The van der Waals surface area contributed by atoms with Crippen LogP contribution in [0.2, 0.25) is 0 Å². The van der Waals surface area contributed by atoms with Crippen molar-refractivity contribution in [3.8, 4) is 5.75 Å². The van der Waals surface area contributed by atoms with Gasteiger partial charge >= 0.3 is 0 Å². The Hall–Kier alpha value is -1.75. The van der Waals surface area contributed by atoms with Crippen molar-refractivity contribution in [2.45, 2.75) is 12.8 Å². The van der Waals surface area contributed by atoms with E-state index < -0.39 is 0 Å². The highest BCUT2D eigenvalue weighted by atomic mass is 16.5. The van der Waals surface area contributed by atoms with Gasteiger partial charge in [0, 0.05) is 27.2 Å². The molecule has 0 bridgehead atoms. The quantitative estimate of drug-likeness (QED) is 0.429. The fourth-order valence-electron chi connectivity index (χ4n) is 1.78. The van der Waals surface area contributed by atoms with E-state index in [2.05, 4.69) is 27.8 Å². The van der Waals surface area contributed by atoms with Crippen molar-refractivity contribution in [2.24, 2.45) is 4.99 Å². The molecule has 1 aromatic carbocycles. The highest BCUT2D eigenvalue weighted by Gasteiger charge is 1.98. The van der Waals surface area contributed by atoms with Crippen molar-refractivity contribution in [3.63, 3.8) is 0 Å². The van der Waals surface area contributed by atoms with E-state index in [9.17, 15) is 0 Å². The van der Waals surface area contributed by atoms with Crippen LogP contribution < -0.4 is 15.4 Å². The molecule has 1 aromatic rings. The SMILES string of the molecule is CN=C(NCCCc1ccc(OC)cc1)NCCOC. The molecule has 0 aliphatic rings. The molecular formula is C15H25N3O2. The maximum atomic E-state index is 5.14. The van der Waals surface area contributed by atoms with Crippen LogP contribution in [0.5, 0.6) is 5.75 Å². The molecule has 1 rings (SSSR count). The molecule has 2 N–H and O–H groups in total. The second-order valence-corrected chi connectivity index (χ2v) is 4.37. The average Bonchev–Trinajstić information content (AvgIpc) is 2.50. The molecule has 0 saturated heterocycles. The second kappa shape index (κ2) is 10.1. The Balaban J connectivity index is 2.19. The predicted molar refractivity (Wildman–Crippen MR) is 82.6 cm³/mol. The molecule has 0 saturated carbocycles. The standard InChI is InChI=1S/C15H25N3O2/c1-16-15(18-11-12-19-2)17-10-4-5-13-6-8-14(20-3)9-7-13/h6-9H,4-5,10-12H2,1-3H3,(H2,16,17,18). The first kappa shape index (κ1) is 16.3. The zero-order chi connectivity index (χ0) is 14.6. The summed E-state index contributed by atoms with van der Waals surface area (Å²) in [6.07, 6.45) is 2.09. The molecule has 0 spiro atoms. The molecule has 0 aliphatic carbocycles. The molecule has 0 fully saturated rings. The van der Waals surface area contributed by atoms with Gasteiger partial charge in [0.2, 0.25) is 0 Å². The van der Waals surface area contributed by atoms with Gasteiger partial charge < -0.3 is 20.1 Å². The van der Waals surface area contributed by atoms with E-state index in [1.165, 1.54) is 5.56 Å². The molecule has 0 aromatic heterocycles. The summed E-state index contributed by atoms with van der Waals surface area (Å²) in [6, 6.07) is 8.19. The van der Waals surface area contributed by atoms with Crippen LogP contribution in [0.1, 0.15) is 12.0 Å². The van der Waals surface area contributed by atoms with Crippen LogP contribution in [0.15, 0.2) is 29.3 Å². The zero-order valence-corrected chi connectivity index (χ0v) is 12.6. The third-order valence-electron chi connectivity index (χ3n) is 2.92. The van der Waals surface area contributed by atoms with E-state index in [1.807, 2.05) is 12.1 Å². The molecule has 0 amide bonds. The van der Waals surface area contributed by atoms with E-state index in [0.717, 1.165) is 37.6 Å². The Morgan fingerprint density at radius 3 is 2.40 bits per heavy atom. The number of rotatable bonds is 8. The molecule has 0 radical (unpaired) electrons. The number of hydrogen-bond acceptors (Lipinski definition) is 3. The number of nitrogens with zero attached hydrogens (tertiary/aromatic N) is 1. The first-order valence-electron chi connectivity index (χ1n) is 6.86. The summed E-state index contributed by atoms with van der Waals surface area (Å²) in [5.74, 6) is 1.71. The lowest BCUT2D eigenvalue weighted by Gasteiger charge is -2.11. The minimum absolute atomic E-state index is 0.673. The van der Waals surface area contributed by atoms with Crippen molar-refractivity contribution < 1.29 is 9.47 Å². The normalized spacial score (nSPS) is 11.2. The maximum absolute atomic E-state index is 5.14. The Labute approximate surface area is 121 Å². The molecule has 0 aliphatic heterocycles. The smallest absolute Gasteiger partial charge is 0.191 e. The van der Waals surface area contributed by atoms with Gasteiger partial charge in [-0.1, -0.05) is 12.1 Å². The fraction of sp³-hybridized carbons (Fsp3) is 0.533. The van der Waals surface area contributed by atoms with Crippen molar-refractivity contribution in [2.75, 3.05) is 41.0 Å². The van der Waals surface area contributed by atoms with Crippen LogP contribution in [0, 0.1) is 0 Å². The lowest BCUT2D eigenvalue weighted by atomic mass is 10.1. The molecule has 112 valence electrons. The first-order valence-corrected chi connectivity index (χ1v) is 6.86. The highest BCUT2D eigenvalue weighted by molar-refractivity contribution is 5.79. The van der Waals surface area contributed by atoms with Gasteiger partial charge in [0.05, 0.1) is 13.7 Å². The Bertz CT molecular complexity index is 391. The van der Waals surface area contributed by atoms with Gasteiger partial charge in [-0.2, -0.15) is 0 Å². The van der Waals surface area contributed by atoms with Gasteiger partial charge in [-0.05, 0) is 30.5 Å². The van der Waals surface area contributed by atoms with E-state index >= 15 is 0 Å². The van der Waals surface area contributed by atoms with E-state index in [4.69, 9.17) is 9.47 Å². The molecule has 0 unspecified atom stereocenters. The molecule has 0 heterocycles. The van der Waals surface area contributed by atoms with Crippen LogP contribution in [0.4, 0.5) is 0 Å². The topological polar surface area (TPSA) is 54.9 Å². The number of aryl methyl sites for hydroxylation is 1. The summed E-state index contributed by atoms with van der Waals surface area (Å²) in [5.41, 5.74) is 1.31. The van der Waals surface area contributed by atoms with Gasteiger partial charge in [0.25, 0.3) is 0 Å². The van der Waals surface area contributed by atoms with Crippen molar-refractivity contribution >= 4 is 5.96 Å². The number of aliphatic imine (C=N–C) groups is 1. The summed E-state index contributed by atoms with van der Waals surface area (Å²) >= 11 is 0. The van der Waals surface area contributed by atoms with Gasteiger partial charge in [-0.3, -0.25) is 4.99 Å². The largest absolute Gasteiger partial charge is 0.497 e. The number of benzene rings is 1. The Morgan fingerprint density at radius 2 is 1.80 bits per heavy atom. The summed E-state index contributed by atoms with van der Waals surface area (Å²) in [7, 11) is 5.14. The summed E-state index contributed by atoms with van der Waals surface area (Å²) in [6.45, 7) is 2.32. The number of ether oxygens (including phenoxy) is 2. The van der Waals surface area contributed by atoms with Crippen molar-refractivity contribution in [1.29, 1.82) is 0 Å². The maximum Gasteiger partial charge on any atom is 0.191 e. The lowest BCUT2D eigenvalue weighted by Crippen LogP contribution is -2.39. The minimum atomic E-state index is 0.673. The third-order valence-corrected chi connectivity index (χ3v) is 2.92. The zero-order valence-electron chi connectivity index (χ0n) is 12.6. The summed E-state index contributed by atoms with van der Waals surface area (Å²) in [4.78, 5) is 4.15. The van der Waals surface area contributed by atoms with Crippen LogP contribution >= 0.6 is 0 Å². The fourth-order valence-corrected chi connectivity index (χ4v) is 1.78. The van der Waals surface area contributed by atoms with Crippen molar-refractivity contribution in [3.05, 3.63) is 29.8 Å². The molecule has 0 atom stereocenters. The number of nitrogens with one attached hydrogen (secondary N) is 2. The van der Waals surface area contributed by atoms with E-state index in [1.54, 1.807) is 21.3 Å². The van der Waals surface area contributed by atoms with Crippen molar-refractivity contribution in [1.82, 2.24) is 10.6 Å². The second-order valence-electron chi connectivity index (χ2n) is 4.37. The van der Waals surface area contributed by atoms with Gasteiger partial charge in [0.1, 0.15) is 5.75 Å². The van der Waals surface area contributed by atoms with Crippen LogP contribution in [-0.2, 0) is 11.2 Å².